The Bertz CT molecular complexity index is 779. The van der Waals surface area contributed by atoms with Crippen LogP contribution in [-0.4, -0.2) is 30.3 Å². The van der Waals surface area contributed by atoms with Crippen molar-refractivity contribution < 1.29 is 14.3 Å². The first-order valence-electron chi connectivity index (χ1n) is 10.9. The molecule has 0 fully saturated rings. The molecule has 0 unspecified atom stereocenters. The first-order chi connectivity index (χ1) is 14.7. The molecular weight excluding hydrogens is 378 g/mol. The van der Waals surface area contributed by atoms with Crippen LogP contribution in [0.3, 0.4) is 0 Å². The summed E-state index contributed by atoms with van der Waals surface area (Å²) in [6.07, 6.45) is 13.5. The minimum absolute atomic E-state index is 0.284. The molecule has 0 spiro atoms. The van der Waals surface area contributed by atoms with Gasteiger partial charge in [-0.25, -0.2) is 5.43 Å². The average molecular weight is 412 g/mol. The Balaban J connectivity index is 1.82. The Morgan fingerprint density at radius 3 is 2.43 bits per heavy atom. The Morgan fingerprint density at radius 2 is 1.70 bits per heavy atom. The van der Waals surface area contributed by atoms with Crippen LogP contribution in [0.25, 0.3) is 0 Å². The maximum Gasteiger partial charge on any atom is 0.271 e. The fourth-order valence-electron chi connectivity index (χ4n) is 2.97. The number of hydrogen-bond donors (Lipinski definition) is 1. The van der Waals surface area contributed by atoms with Gasteiger partial charge in [0.15, 0.2) is 11.5 Å². The highest BCUT2D eigenvalue weighted by Gasteiger charge is 2.07. The standard InChI is InChI=1S/C24H33N3O3/c1-3-5-6-7-8-9-10-17-30-22-12-11-20(18-23(22)29-4-2)19-26-27-24(28)21-13-15-25-16-14-21/h11-16,18-19H,3-10,17H2,1-2H3,(H,27,28)/b26-19-. The van der Waals surface area contributed by atoms with Crippen LogP contribution in [0, 0.1) is 0 Å². The zero-order chi connectivity index (χ0) is 21.4. The number of hydrogen-bond acceptors (Lipinski definition) is 5. The van der Waals surface area contributed by atoms with E-state index >= 15 is 0 Å². The van der Waals surface area contributed by atoms with E-state index in [9.17, 15) is 4.79 Å². The van der Waals surface area contributed by atoms with Crippen molar-refractivity contribution in [2.75, 3.05) is 13.2 Å². The number of unbranched alkanes of at least 4 members (excludes halogenated alkanes) is 6. The fourth-order valence-corrected chi connectivity index (χ4v) is 2.97. The summed E-state index contributed by atoms with van der Waals surface area (Å²) in [5.41, 5.74) is 3.83. The first kappa shape index (κ1) is 23.4. The van der Waals surface area contributed by atoms with Gasteiger partial charge >= 0.3 is 0 Å². The van der Waals surface area contributed by atoms with Gasteiger partial charge in [0, 0.05) is 18.0 Å². The molecule has 30 heavy (non-hydrogen) atoms. The molecule has 0 bridgehead atoms. The molecule has 1 aromatic heterocycles. The third-order valence-electron chi connectivity index (χ3n) is 4.60. The van der Waals surface area contributed by atoms with Crippen LogP contribution in [0.1, 0.15) is 74.7 Å². The summed E-state index contributed by atoms with van der Waals surface area (Å²) in [5, 5.41) is 4.02. The van der Waals surface area contributed by atoms with Crippen molar-refractivity contribution in [3.05, 3.63) is 53.9 Å². The van der Waals surface area contributed by atoms with Crippen LogP contribution in [0.15, 0.2) is 47.8 Å². The van der Waals surface area contributed by atoms with Gasteiger partial charge in [0.1, 0.15) is 0 Å². The highest BCUT2D eigenvalue weighted by Crippen LogP contribution is 2.28. The summed E-state index contributed by atoms with van der Waals surface area (Å²) in [7, 11) is 0. The number of benzene rings is 1. The largest absolute Gasteiger partial charge is 0.490 e. The van der Waals surface area contributed by atoms with Crippen LogP contribution < -0.4 is 14.9 Å². The number of aromatic nitrogens is 1. The minimum Gasteiger partial charge on any atom is -0.490 e. The van der Waals surface area contributed by atoms with Crippen molar-refractivity contribution in [3.8, 4) is 11.5 Å². The van der Waals surface area contributed by atoms with E-state index in [2.05, 4.69) is 22.4 Å². The van der Waals surface area contributed by atoms with Gasteiger partial charge in [-0.2, -0.15) is 5.10 Å². The van der Waals surface area contributed by atoms with Crippen LogP contribution in [0.5, 0.6) is 11.5 Å². The summed E-state index contributed by atoms with van der Waals surface area (Å²) < 4.78 is 11.6. The molecule has 162 valence electrons. The predicted octanol–water partition coefficient (Wildman–Crippen LogP) is 5.37. The fraction of sp³-hybridized carbons (Fsp3) is 0.458. The van der Waals surface area contributed by atoms with Crippen molar-refractivity contribution in [1.29, 1.82) is 0 Å². The van der Waals surface area contributed by atoms with Gasteiger partial charge in [0.25, 0.3) is 5.91 Å². The lowest BCUT2D eigenvalue weighted by atomic mass is 10.1. The molecule has 0 radical (unpaired) electrons. The van der Waals surface area contributed by atoms with Gasteiger partial charge in [-0.3, -0.25) is 9.78 Å². The van der Waals surface area contributed by atoms with Crippen molar-refractivity contribution in [2.24, 2.45) is 5.10 Å². The molecule has 6 heteroatoms. The maximum absolute atomic E-state index is 12.0. The zero-order valence-corrected chi connectivity index (χ0v) is 18.1. The van der Waals surface area contributed by atoms with E-state index in [1.807, 2.05) is 25.1 Å². The lowest BCUT2D eigenvalue weighted by Crippen LogP contribution is -2.17. The van der Waals surface area contributed by atoms with Crippen LogP contribution >= 0.6 is 0 Å². The summed E-state index contributed by atoms with van der Waals surface area (Å²) in [5.74, 6) is 1.14. The Hall–Kier alpha value is -2.89. The molecule has 0 saturated carbocycles. The van der Waals surface area contributed by atoms with Crippen LogP contribution in [0.4, 0.5) is 0 Å². The molecule has 1 aromatic carbocycles. The molecule has 0 aliphatic heterocycles. The Morgan fingerprint density at radius 1 is 0.967 bits per heavy atom. The minimum atomic E-state index is -0.284. The van der Waals surface area contributed by atoms with E-state index in [-0.39, 0.29) is 5.91 Å². The van der Waals surface area contributed by atoms with Gasteiger partial charge < -0.3 is 9.47 Å². The third-order valence-corrected chi connectivity index (χ3v) is 4.60. The second kappa shape index (κ2) is 14.1. The van der Waals surface area contributed by atoms with Crippen molar-refractivity contribution in [2.45, 2.75) is 58.8 Å². The second-order valence-electron chi connectivity index (χ2n) is 7.04. The lowest BCUT2D eigenvalue weighted by Gasteiger charge is -2.12. The summed E-state index contributed by atoms with van der Waals surface area (Å²) in [6, 6.07) is 8.92. The van der Waals surface area contributed by atoms with Gasteiger partial charge in [-0.1, -0.05) is 45.4 Å². The molecule has 0 saturated heterocycles. The number of nitrogens with one attached hydrogen (secondary N) is 1. The number of carbonyl (C=O) groups is 1. The van der Waals surface area contributed by atoms with Gasteiger partial charge in [0.2, 0.25) is 0 Å². The first-order valence-corrected chi connectivity index (χ1v) is 10.9. The molecule has 0 atom stereocenters. The van der Waals surface area contributed by atoms with E-state index in [0.29, 0.717) is 24.5 Å². The molecule has 0 aliphatic carbocycles. The van der Waals surface area contributed by atoms with Crippen molar-refractivity contribution in [3.63, 3.8) is 0 Å². The predicted molar refractivity (Wildman–Crippen MR) is 120 cm³/mol. The zero-order valence-electron chi connectivity index (χ0n) is 18.1. The highest BCUT2D eigenvalue weighted by molar-refractivity contribution is 5.94. The van der Waals surface area contributed by atoms with E-state index in [0.717, 1.165) is 17.7 Å². The van der Waals surface area contributed by atoms with E-state index in [4.69, 9.17) is 9.47 Å². The molecule has 1 N–H and O–H groups in total. The summed E-state index contributed by atoms with van der Waals surface area (Å²) in [6.45, 7) is 5.41. The normalized spacial score (nSPS) is 10.9. The number of hydrazone groups is 1. The quantitative estimate of drug-likeness (QED) is 0.257. The van der Waals surface area contributed by atoms with Gasteiger partial charge in [0.05, 0.1) is 19.4 Å². The number of amides is 1. The smallest absolute Gasteiger partial charge is 0.271 e. The second-order valence-corrected chi connectivity index (χ2v) is 7.04. The van der Waals surface area contributed by atoms with Crippen molar-refractivity contribution >= 4 is 12.1 Å². The summed E-state index contributed by atoms with van der Waals surface area (Å²) >= 11 is 0. The number of ether oxygens (including phenoxy) is 2. The molecule has 2 rings (SSSR count). The number of pyridine rings is 1. The number of rotatable bonds is 14. The molecule has 0 aliphatic rings. The Labute approximate surface area is 179 Å². The van der Waals surface area contributed by atoms with Crippen LogP contribution in [-0.2, 0) is 0 Å². The topological polar surface area (TPSA) is 72.8 Å². The number of nitrogens with zero attached hydrogens (tertiary/aromatic N) is 2. The van der Waals surface area contributed by atoms with E-state index in [1.165, 1.54) is 38.5 Å². The molecule has 1 amide bonds. The molecule has 6 nitrogen and oxygen atoms in total. The van der Waals surface area contributed by atoms with E-state index in [1.54, 1.807) is 30.7 Å². The number of carbonyl (C=O) groups excluding carboxylic acids is 1. The molecular formula is C24H33N3O3. The SMILES string of the molecule is CCCCCCCCCOc1ccc(/C=N\NC(=O)c2ccncc2)cc1OCC. The van der Waals surface area contributed by atoms with Crippen LogP contribution in [0.2, 0.25) is 0 Å². The molecule has 1 heterocycles. The van der Waals surface area contributed by atoms with Gasteiger partial charge in [-0.15, -0.1) is 0 Å². The van der Waals surface area contributed by atoms with E-state index < -0.39 is 0 Å². The van der Waals surface area contributed by atoms with Crippen molar-refractivity contribution in [1.82, 2.24) is 10.4 Å². The third kappa shape index (κ3) is 8.64. The molecule has 2 aromatic rings. The average Bonchev–Trinajstić information content (AvgIpc) is 2.77. The highest BCUT2D eigenvalue weighted by atomic mass is 16.5. The lowest BCUT2D eigenvalue weighted by molar-refractivity contribution is 0.0955. The monoisotopic (exact) mass is 411 g/mol. The van der Waals surface area contributed by atoms with Gasteiger partial charge in [-0.05, 0) is 49.2 Å². The maximum atomic E-state index is 12.0. The Kier molecular flexibility index (Phi) is 11.0. The summed E-state index contributed by atoms with van der Waals surface area (Å²) in [4.78, 5) is 15.9.